The lowest BCUT2D eigenvalue weighted by atomic mass is 10.0. The predicted octanol–water partition coefficient (Wildman–Crippen LogP) is 2.15. The molecule has 3 nitrogen and oxygen atoms in total. The van der Waals surface area contributed by atoms with E-state index in [9.17, 15) is 10.2 Å². The Morgan fingerprint density at radius 1 is 1.38 bits per heavy atom. The van der Waals surface area contributed by atoms with Crippen LogP contribution in [0.2, 0.25) is 5.02 Å². The lowest BCUT2D eigenvalue weighted by Gasteiger charge is -2.14. The molecule has 16 heavy (non-hydrogen) atoms. The minimum atomic E-state index is -0.938. The van der Waals surface area contributed by atoms with Crippen LogP contribution in [0.1, 0.15) is 11.7 Å². The molecule has 86 valence electrons. The second-order valence-electron chi connectivity index (χ2n) is 3.63. The van der Waals surface area contributed by atoms with Gasteiger partial charge in [-0.3, -0.25) is 0 Å². The molecular formula is C11H12ClNO2S. The van der Waals surface area contributed by atoms with Gasteiger partial charge >= 0.3 is 0 Å². The Labute approximate surface area is 103 Å². The molecule has 0 amide bonds. The Bertz CT molecular complexity index is 500. The Morgan fingerprint density at radius 2 is 2.12 bits per heavy atom. The zero-order valence-electron chi connectivity index (χ0n) is 8.39. The van der Waals surface area contributed by atoms with Crippen LogP contribution in [0.5, 0.6) is 0 Å². The largest absolute Gasteiger partial charge is 0.389 e. The first kappa shape index (κ1) is 11.8. The van der Waals surface area contributed by atoms with Crippen molar-refractivity contribution in [2.24, 2.45) is 0 Å². The van der Waals surface area contributed by atoms with E-state index in [-0.39, 0.29) is 5.75 Å². The fourth-order valence-corrected chi connectivity index (χ4v) is 2.04. The van der Waals surface area contributed by atoms with Gasteiger partial charge in [0, 0.05) is 33.4 Å². The fraction of sp³-hybridized carbons (Fsp3) is 0.273. The molecule has 2 rings (SSSR count). The van der Waals surface area contributed by atoms with Crippen molar-refractivity contribution in [2.45, 2.75) is 12.2 Å². The summed E-state index contributed by atoms with van der Waals surface area (Å²) in [5.41, 5.74) is 1.50. The zero-order valence-corrected chi connectivity index (χ0v) is 10.0. The van der Waals surface area contributed by atoms with E-state index in [1.165, 1.54) is 0 Å². The van der Waals surface area contributed by atoms with Crippen molar-refractivity contribution in [3.63, 3.8) is 0 Å². The average molecular weight is 258 g/mol. The van der Waals surface area contributed by atoms with E-state index in [2.05, 4.69) is 17.6 Å². The Kier molecular flexibility index (Phi) is 3.44. The summed E-state index contributed by atoms with van der Waals surface area (Å²) < 4.78 is 0. The highest BCUT2D eigenvalue weighted by Crippen LogP contribution is 2.28. The number of aliphatic hydroxyl groups is 2. The molecule has 0 spiro atoms. The number of aromatic nitrogens is 1. The average Bonchev–Trinajstić information content (AvgIpc) is 2.69. The van der Waals surface area contributed by atoms with Crippen molar-refractivity contribution < 1.29 is 10.2 Å². The van der Waals surface area contributed by atoms with Crippen molar-refractivity contribution in [1.29, 1.82) is 0 Å². The first-order chi connectivity index (χ1) is 7.63. The first-order valence-electron chi connectivity index (χ1n) is 4.87. The van der Waals surface area contributed by atoms with Crippen molar-refractivity contribution >= 4 is 35.1 Å². The van der Waals surface area contributed by atoms with Gasteiger partial charge in [-0.15, -0.1) is 0 Å². The number of halogens is 1. The number of benzene rings is 1. The van der Waals surface area contributed by atoms with Crippen LogP contribution in [0.3, 0.4) is 0 Å². The van der Waals surface area contributed by atoms with Crippen LogP contribution in [-0.2, 0) is 0 Å². The summed E-state index contributed by atoms with van der Waals surface area (Å²) >= 11 is 9.81. The summed E-state index contributed by atoms with van der Waals surface area (Å²) in [4.78, 5) is 3.01. The van der Waals surface area contributed by atoms with Crippen LogP contribution in [-0.4, -0.2) is 27.1 Å². The molecule has 0 fully saturated rings. The van der Waals surface area contributed by atoms with Gasteiger partial charge in [0.15, 0.2) is 0 Å². The van der Waals surface area contributed by atoms with Crippen LogP contribution in [0.15, 0.2) is 24.4 Å². The third-order valence-electron chi connectivity index (χ3n) is 2.55. The summed E-state index contributed by atoms with van der Waals surface area (Å²) in [6, 6.07) is 5.35. The van der Waals surface area contributed by atoms with Gasteiger partial charge in [0.1, 0.15) is 6.10 Å². The topological polar surface area (TPSA) is 56.2 Å². The Hall–Kier alpha value is -0.680. The first-order valence-corrected chi connectivity index (χ1v) is 5.88. The molecule has 0 saturated heterocycles. The molecule has 1 aromatic carbocycles. The zero-order chi connectivity index (χ0) is 11.7. The van der Waals surface area contributed by atoms with Gasteiger partial charge in [-0.2, -0.15) is 12.6 Å². The summed E-state index contributed by atoms with van der Waals surface area (Å²) in [5.74, 6) is 0.210. The Balaban J connectivity index is 2.45. The smallest absolute Gasteiger partial charge is 0.108 e. The van der Waals surface area contributed by atoms with Gasteiger partial charge in [-0.05, 0) is 12.1 Å². The number of H-pyrrole nitrogens is 1. The quantitative estimate of drug-likeness (QED) is 0.637. The van der Waals surface area contributed by atoms with Crippen molar-refractivity contribution in [3.8, 4) is 0 Å². The molecule has 1 aromatic heterocycles. The maximum absolute atomic E-state index is 9.89. The van der Waals surface area contributed by atoms with Gasteiger partial charge in [-0.25, -0.2) is 0 Å². The molecular weight excluding hydrogens is 246 g/mol. The van der Waals surface area contributed by atoms with E-state index in [0.29, 0.717) is 10.6 Å². The molecule has 0 aliphatic carbocycles. The summed E-state index contributed by atoms with van der Waals surface area (Å²) in [7, 11) is 0. The normalized spacial score (nSPS) is 15.2. The van der Waals surface area contributed by atoms with Gasteiger partial charge in [0.05, 0.1) is 6.10 Å². The standard InChI is InChI=1S/C11H12ClNO2S/c12-6-1-2-7-8(4-13-9(7)3-6)11(15)10(14)5-16/h1-4,10-11,13-16H,5H2. The molecule has 3 N–H and O–H groups in total. The highest BCUT2D eigenvalue weighted by molar-refractivity contribution is 7.80. The van der Waals surface area contributed by atoms with E-state index >= 15 is 0 Å². The molecule has 1 heterocycles. The van der Waals surface area contributed by atoms with E-state index in [4.69, 9.17) is 11.6 Å². The maximum atomic E-state index is 9.89. The minimum absolute atomic E-state index is 0.210. The molecule has 2 aromatic rings. The number of hydrogen-bond acceptors (Lipinski definition) is 3. The molecule has 2 unspecified atom stereocenters. The third kappa shape index (κ3) is 2.06. The van der Waals surface area contributed by atoms with E-state index < -0.39 is 12.2 Å². The monoisotopic (exact) mass is 257 g/mol. The van der Waals surface area contributed by atoms with Crippen LogP contribution in [0, 0.1) is 0 Å². The number of thiol groups is 1. The number of rotatable bonds is 3. The van der Waals surface area contributed by atoms with Crippen LogP contribution in [0.4, 0.5) is 0 Å². The van der Waals surface area contributed by atoms with Crippen LogP contribution in [0.25, 0.3) is 10.9 Å². The highest BCUT2D eigenvalue weighted by Gasteiger charge is 2.20. The molecule has 0 radical (unpaired) electrons. The molecule has 5 heteroatoms. The van der Waals surface area contributed by atoms with Crippen molar-refractivity contribution in [3.05, 3.63) is 35.0 Å². The minimum Gasteiger partial charge on any atom is -0.389 e. The van der Waals surface area contributed by atoms with E-state index in [1.807, 2.05) is 6.07 Å². The fourth-order valence-electron chi connectivity index (χ4n) is 1.67. The van der Waals surface area contributed by atoms with E-state index in [0.717, 1.165) is 10.9 Å². The number of hydrogen-bond donors (Lipinski definition) is 4. The van der Waals surface area contributed by atoms with Crippen molar-refractivity contribution in [2.75, 3.05) is 5.75 Å². The van der Waals surface area contributed by atoms with Gasteiger partial charge in [0.25, 0.3) is 0 Å². The molecule has 0 aliphatic rings. The van der Waals surface area contributed by atoms with Crippen LogP contribution >= 0.6 is 24.2 Å². The SMILES string of the molecule is OC(CS)C(O)c1c[nH]c2cc(Cl)ccc12. The lowest BCUT2D eigenvalue weighted by Crippen LogP contribution is -2.19. The molecule has 0 bridgehead atoms. The number of aliphatic hydroxyl groups excluding tert-OH is 2. The maximum Gasteiger partial charge on any atom is 0.108 e. The second-order valence-corrected chi connectivity index (χ2v) is 4.43. The summed E-state index contributed by atoms with van der Waals surface area (Å²) in [5, 5.41) is 20.9. The Morgan fingerprint density at radius 3 is 2.81 bits per heavy atom. The number of nitrogens with one attached hydrogen (secondary N) is 1. The summed E-state index contributed by atoms with van der Waals surface area (Å²) in [6.45, 7) is 0. The van der Waals surface area contributed by atoms with Gasteiger partial charge in [0.2, 0.25) is 0 Å². The number of fused-ring (bicyclic) bond motifs is 1. The lowest BCUT2D eigenvalue weighted by molar-refractivity contribution is 0.0347. The highest BCUT2D eigenvalue weighted by atomic mass is 35.5. The predicted molar refractivity (Wildman–Crippen MR) is 68.1 cm³/mol. The van der Waals surface area contributed by atoms with Crippen LogP contribution < -0.4 is 0 Å². The molecule has 0 aliphatic heterocycles. The van der Waals surface area contributed by atoms with Gasteiger partial charge < -0.3 is 15.2 Å². The molecule has 0 saturated carbocycles. The van der Waals surface area contributed by atoms with E-state index in [1.54, 1.807) is 18.3 Å². The van der Waals surface area contributed by atoms with Gasteiger partial charge in [-0.1, -0.05) is 17.7 Å². The summed E-state index contributed by atoms with van der Waals surface area (Å²) in [6.07, 6.45) is -0.136. The second kappa shape index (κ2) is 4.67. The molecule has 2 atom stereocenters. The third-order valence-corrected chi connectivity index (χ3v) is 3.16. The van der Waals surface area contributed by atoms with Crippen molar-refractivity contribution in [1.82, 2.24) is 4.98 Å². The number of aromatic amines is 1.